The van der Waals surface area contributed by atoms with Gasteiger partial charge in [0.05, 0.1) is 0 Å². The van der Waals surface area contributed by atoms with Gasteiger partial charge in [-0.2, -0.15) is 0 Å². The van der Waals surface area contributed by atoms with Gasteiger partial charge in [0.1, 0.15) is 0 Å². The molecule has 0 aromatic carbocycles. The van der Waals surface area contributed by atoms with Crippen molar-refractivity contribution < 1.29 is 4.79 Å². The lowest BCUT2D eigenvalue weighted by Gasteiger charge is -2.29. The standard InChI is InChI=1S/C10H19N3O/c1-12-7-9(6-10(12)14)8-13-4-2-11-3-5-13/h9,11H,2-8H2,1H3. The van der Waals surface area contributed by atoms with Crippen molar-refractivity contribution in [2.75, 3.05) is 46.3 Å². The van der Waals surface area contributed by atoms with Crippen LogP contribution in [-0.4, -0.2) is 62.0 Å². The SMILES string of the molecule is CN1CC(CN2CCNCC2)CC1=O. The second-order valence-corrected chi connectivity index (χ2v) is 4.40. The monoisotopic (exact) mass is 197 g/mol. The van der Waals surface area contributed by atoms with Crippen LogP contribution in [0.5, 0.6) is 0 Å². The molecule has 2 aliphatic rings. The van der Waals surface area contributed by atoms with Gasteiger partial charge in [0.25, 0.3) is 0 Å². The van der Waals surface area contributed by atoms with Crippen LogP contribution in [0, 0.1) is 5.92 Å². The van der Waals surface area contributed by atoms with E-state index < -0.39 is 0 Å². The molecule has 2 saturated heterocycles. The quantitative estimate of drug-likeness (QED) is 0.640. The Labute approximate surface area is 85.2 Å². The smallest absolute Gasteiger partial charge is 0.222 e. The fourth-order valence-corrected chi connectivity index (χ4v) is 2.34. The number of hydrogen-bond donors (Lipinski definition) is 1. The van der Waals surface area contributed by atoms with Crippen LogP contribution in [0.25, 0.3) is 0 Å². The highest BCUT2D eigenvalue weighted by Gasteiger charge is 2.28. The van der Waals surface area contributed by atoms with Crippen LogP contribution in [0.3, 0.4) is 0 Å². The summed E-state index contributed by atoms with van der Waals surface area (Å²) in [4.78, 5) is 15.6. The molecule has 0 radical (unpaired) electrons. The van der Waals surface area contributed by atoms with E-state index in [-0.39, 0.29) is 0 Å². The Hall–Kier alpha value is -0.610. The maximum atomic E-state index is 11.3. The van der Waals surface area contributed by atoms with Gasteiger partial charge in [-0.25, -0.2) is 0 Å². The van der Waals surface area contributed by atoms with Crippen molar-refractivity contribution in [1.82, 2.24) is 15.1 Å². The second-order valence-electron chi connectivity index (χ2n) is 4.40. The molecule has 0 aliphatic carbocycles. The number of piperazine rings is 1. The topological polar surface area (TPSA) is 35.6 Å². The minimum atomic E-state index is 0.310. The summed E-state index contributed by atoms with van der Waals surface area (Å²) in [6.45, 7) is 6.50. The average molecular weight is 197 g/mol. The summed E-state index contributed by atoms with van der Waals surface area (Å²) < 4.78 is 0. The number of nitrogens with one attached hydrogen (secondary N) is 1. The Balaban J connectivity index is 1.77. The molecular weight excluding hydrogens is 178 g/mol. The van der Waals surface area contributed by atoms with Gasteiger partial charge in [-0.15, -0.1) is 0 Å². The lowest BCUT2D eigenvalue weighted by Crippen LogP contribution is -2.45. The predicted octanol–water partition coefficient (Wildman–Crippen LogP) is -0.630. The Kier molecular flexibility index (Phi) is 3.03. The molecule has 80 valence electrons. The molecule has 0 saturated carbocycles. The van der Waals surface area contributed by atoms with Crippen LogP contribution in [0.15, 0.2) is 0 Å². The van der Waals surface area contributed by atoms with E-state index in [1.54, 1.807) is 0 Å². The van der Waals surface area contributed by atoms with E-state index in [9.17, 15) is 4.79 Å². The summed E-state index contributed by atoms with van der Waals surface area (Å²) >= 11 is 0. The number of rotatable bonds is 2. The molecule has 0 spiro atoms. The molecule has 0 aromatic rings. The van der Waals surface area contributed by atoms with E-state index in [1.165, 1.54) is 0 Å². The zero-order valence-corrected chi connectivity index (χ0v) is 8.83. The van der Waals surface area contributed by atoms with E-state index in [2.05, 4.69) is 10.2 Å². The van der Waals surface area contributed by atoms with E-state index in [0.29, 0.717) is 11.8 Å². The van der Waals surface area contributed by atoms with Crippen LogP contribution in [0.1, 0.15) is 6.42 Å². The van der Waals surface area contributed by atoms with Crippen molar-refractivity contribution in [2.45, 2.75) is 6.42 Å². The maximum Gasteiger partial charge on any atom is 0.222 e. The van der Waals surface area contributed by atoms with Gasteiger partial charge >= 0.3 is 0 Å². The fourth-order valence-electron chi connectivity index (χ4n) is 2.34. The first-order valence-corrected chi connectivity index (χ1v) is 5.43. The molecule has 2 heterocycles. The predicted molar refractivity (Wildman–Crippen MR) is 55.1 cm³/mol. The summed E-state index contributed by atoms with van der Waals surface area (Å²) in [7, 11) is 1.90. The highest BCUT2D eigenvalue weighted by molar-refractivity contribution is 5.78. The number of hydrogen-bond acceptors (Lipinski definition) is 3. The third-order valence-corrected chi connectivity index (χ3v) is 3.15. The zero-order chi connectivity index (χ0) is 9.97. The highest BCUT2D eigenvalue weighted by Crippen LogP contribution is 2.17. The van der Waals surface area contributed by atoms with Crippen molar-refractivity contribution in [1.29, 1.82) is 0 Å². The lowest BCUT2D eigenvalue weighted by atomic mass is 10.1. The highest BCUT2D eigenvalue weighted by atomic mass is 16.2. The first kappa shape index (κ1) is 9.93. The molecule has 1 atom stereocenters. The molecule has 0 aromatic heterocycles. The van der Waals surface area contributed by atoms with Crippen LogP contribution in [0.2, 0.25) is 0 Å². The van der Waals surface area contributed by atoms with Gasteiger partial charge in [0.15, 0.2) is 0 Å². The third-order valence-electron chi connectivity index (χ3n) is 3.15. The van der Waals surface area contributed by atoms with Crippen molar-refractivity contribution in [3.63, 3.8) is 0 Å². The molecule has 1 amide bonds. The summed E-state index contributed by atoms with van der Waals surface area (Å²) in [6, 6.07) is 0. The Morgan fingerprint density at radius 2 is 2.14 bits per heavy atom. The largest absolute Gasteiger partial charge is 0.345 e. The summed E-state index contributed by atoms with van der Waals surface area (Å²) in [5.74, 6) is 0.871. The number of likely N-dealkylation sites (tertiary alicyclic amines) is 1. The molecule has 4 nitrogen and oxygen atoms in total. The molecule has 2 aliphatic heterocycles. The molecular formula is C10H19N3O. The fraction of sp³-hybridized carbons (Fsp3) is 0.900. The number of amides is 1. The Morgan fingerprint density at radius 3 is 2.71 bits per heavy atom. The molecule has 2 rings (SSSR count). The third kappa shape index (κ3) is 2.25. The normalized spacial score (nSPS) is 29.9. The van der Waals surface area contributed by atoms with Gasteiger partial charge in [0, 0.05) is 52.7 Å². The minimum absolute atomic E-state index is 0.310. The number of nitrogens with zero attached hydrogens (tertiary/aromatic N) is 2. The van der Waals surface area contributed by atoms with E-state index in [1.807, 2.05) is 11.9 Å². The van der Waals surface area contributed by atoms with Gasteiger partial charge in [-0.05, 0) is 5.92 Å². The molecule has 0 bridgehead atoms. The summed E-state index contributed by atoms with van der Waals surface area (Å²) in [6.07, 6.45) is 0.750. The number of carbonyl (C=O) groups is 1. The second kappa shape index (κ2) is 4.28. The van der Waals surface area contributed by atoms with Crippen LogP contribution < -0.4 is 5.32 Å². The van der Waals surface area contributed by atoms with E-state index >= 15 is 0 Å². The first-order chi connectivity index (χ1) is 6.75. The van der Waals surface area contributed by atoms with Gasteiger partial charge in [0.2, 0.25) is 5.91 Å². The minimum Gasteiger partial charge on any atom is -0.345 e. The maximum absolute atomic E-state index is 11.3. The Morgan fingerprint density at radius 1 is 1.43 bits per heavy atom. The van der Waals surface area contributed by atoms with Gasteiger partial charge < -0.3 is 15.1 Å². The van der Waals surface area contributed by atoms with Crippen molar-refractivity contribution in [3.8, 4) is 0 Å². The summed E-state index contributed by atoms with van der Waals surface area (Å²) in [5.41, 5.74) is 0. The van der Waals surface area contributed by atoms with Gasteiger partial charge in [-0.1, -0.05) is 0 Å². The number of carbonyl (C=O) groups excluding carboxylic acids is 1. The molecule has 4 heteroatoms. The average Bonchev–Trinajstić information content (AvgIpc) is 2.47. The van der Waals surface area contributed by atoms with Crippen molar-refractivity contribution in [2.24, 2.45) is 5.92 Å². The van der Waals surface area contributed by atoms with E-state index in [4.69, 9.17) is 0 Å². The first-order valence-electron chi connectivity index (χ1n) is 5.43. The summed E-state index contributed by atoms with van der Waals surface area (Å²) in [5, 5.41) is 3.34. The molecule has 2 fully saturated rings. The molecule has 14 heavy (non-hydrogen) atoms. The molecule has 1 N–H and O–H groups in total. The van der Waals surface area contributed by atoms with Gasteiger partial charge in [-0.3, -0.25) is 4.79 Å². The lowest BCUT2D eigenvalue weighted by molar-refractivity contribution is -0.126. The van der Waals surface area contributed by atoms with Crippen LogP contribution >= 0.6 is 0 Å². The van der Waals surface area contributed by atoms with Crippen LogP contribution in [0.4, 0.5) is 0 Å². The van der Waals surface area contributed by atoms with Crippen LogP contribution in [-0.2, 0) is 4.79 Å². The van der Waals surface area contributed by atoms with E-state index in [0.717, 1.165) is 45.7 Å². The van der Waals surface area contributed by atoms with Crippen molar-refractivity contribution >= 4 is 5.91 Å². The molecule has 1 unspecified atom stereocenters. The Bertz CT molecular complexity index is 213. The van der Waals surface area contributed by atoms with Crippen molar-refractivity contribution in [3.05, 3.63) is 0 Å². The zero-order valence-electron chi connectivity index (χ0n) is 8.83.